The first-order valence-corrected chi connectivity index (χ1v) is 4.93. The van der Waals surface area contributed by atoms with Crippen molar-refractivity contribution in [2.75, 3.05) is 0 Å². The molecule has 1 aromatic rings. The number of rotatable bonds is 3. The number of hydrogen-bond acceptors (Lipinski definition) is 4. The van der Waals surface area contributed by atoms with Crippen LogP contribution < -0.4 is 5.73 Å². The Morgan fingerprint density at radius 2 is 2.12 bits per heavy atom. The fourth-order valence-corrected chi connectivity index (χ4v) is 1.67. The average Bonchev–Trinajstić information content (AvgIpc) is 3.04. The van der Waals surface area contributed by atoms with Crippen molar-refractivity contribution in [2.24, 2.45) is 11.7 Å². The number of aromatic hydroxyl groups is 1. The number of hydrogen-bond donors (Lipinski definition) is 2. The molecule has 1 atom stereocenters. The Hall–Kier alpha value is -1.40. The van der Waals surface area contributed by atoms with E-state index in [4.69, 9.17) is 5.73 Å². The smallest absolute Gasteiger partial charge is 0.272 e. The second-order valence-corrected chi connectivity index (χ2v) is 3.99. The summed E-state index contributed by atoms with van der Waals surface area (Å²) in [4.78, 5) is 9.84. The van der Waals surface area contributed by atoms with Gasteiger partial charge in [0.05, 0.1) is 11.0 Å². The van der Waals surface area contributed by atoms with Crippen LogP contribution >= 0.6 is 12.4 Å². The maximum Gasteiger partial charge on any atom is 0.272 e. The zero-order chi connectivity index (χ0) is 11.9. The van der Waals surface area contributed by atoms with Gasteiger partial charge in [0.25, 0.3) is 5.69 Å². The number of nitrogens with two attached hydrogens (primary N) is 1. The zero-order valence-corrected chi connectivity index (χ0v) is 9.61. The van der Waals surface area contributed by atoms with E-state index in [1.54, 1.807) is 0 Å². The van der Waals surface area contributed by atoms with E-state index in [2.05, 4.69) is 0 Å². The van der Waals surface area contributed by atoms with Gasteiger partial charge in [0, 0.05) is 17.7 Å². The van der Waals surface area contributed by atoms with Gasteiger partial charge < -0.3 is 10.8 Å². The predicted molar refractivity (Wildman–Crippen MR) is 61.6 cm³/mol. The Bertz CT molecular complexity index is 451. The lowest BCUT2D eigenvalue weighted by molar-refractivity contribution is -0.385. The second kappa shape index (κ2) is 4.85. The van der Waals surface area contributed by atoms with Crippen LogP contribution in [0.4, 0.5) is 10.1 Å². The number of phenolic OH excluding ortho intramolecular Hbond substituents is 1. The highest BCUT2D eigenvalue weighted by molar-refractivity contribution is 5.85. The van der Waals surface area contributed by atoms with Gasteiger partial charge >= 0.3 is 0 Å². The summed E-state index contributed by atoms with van der Waals surface area (Å²) >= 11 is 0. The second-order valence-electron chi connectivity index (χ2n) is 3.99. The molecule has 1 aromatic carbocycles. The minimum atomic E-state index is -1.000. The van der Waals surface area contributed by atoms with Crippen LogP contribution in [0.5, 0.6) is 5.75 Å². The summed E-state index contributed by atoms with van der Waals surface area (Å²) in [6, 6.07) is 1.30. The molecule has 0 spiro atoms. The molecule has 0 heterocycles. The number of halogens is 2. The first-order chi connectivity index (χ1) is 7.50. The first-order valence-electron chi connectivity index (χ1n) is 4.93. The minimum absolute atomic E-state index is 0. The summed E-state index contributed by atoms with van der Waals surface area (Å²) in [6.07, 6.45) is 1.82. The van der Waals surface area contributed by atoms with Crippen LogP contribution in [-0.4, -0.2) is 10.0 Å². The van der Waals surface area contributed by atoms with E-state index in [1.807, 2.05) is 0 Å². The average molecular weight is 263 g/mol. The number of non-ortho nitro benzene ring substituents is 1. The van der Waals surface area contributed by atoms with Gasteiger partial charge in [-0.25, -0.2) is 4.39 Å². The molecule has 0 aromatic heterocycles. The molecule has 1 aliphatic carbocycles. The molecule has 5 nitrogen and oxygen atoms in total. The van der Waals surface area contributed by atoms with Gasteiger partial charge in [0.15, 0.2) is 11.6 Å². The van der Waals surface area contributed by atoms with Gasteiger partial charge in [0.2, 0.25) is 0 Å². The molecule has 1 aliphatic rings. The van der Waals surface area contributed by atoms with Crippen LogP contribution in [0, 0.1) is 21.8 Å². The third kappa shape index (κ3) is 2.65. The molecule has 7 heteroatoms. The molecule has 0 unspecified atom stereocenters. The summed E-state index contributed by atoms with van der Waals surface area (Å²) in [7, 11) is 0. The molecule has 94 valence electrons. The highest BCUT2D eigenvalue weighted by Gasteiger charge is 2.33. The molecule has 3 N–H and O–H groups in total. The highest BCUT2D eigenvalue weighted by Crippen LogP contribution is 2.43. The van der Waals surface area contributed by atoms with Crippen LogP contribution in [-0.2, 0) is 0 Å². The number of nitro groups is 1. The van der Waals surface area contributed by atoms with Crippen LogP contribution in [0.25, 0.3) is 0 Å². The standard InChI is InChI=1S/C10H11FN2O3.ClH/c11-8-4-6(13(15)16)3-7(10(8)14)9(12)5-1-2-5;/h3-5,9,14H,1-2,12H2;1H/t9-;/m0./s1. The third-order valence-corrected chi connectivity index (χ3v) is 2.78. The predicted octanol–water partition coefficient (Wildman–Crippen LogP) is 2.27. The van der Waals surface area contributed by atoms with Crippen molar-refractivity contribution in [1.82, 2.24) is 0 Å². The maximum atomic E-state index is 13.2. The quantitative estimate of drug-likeness (QED) is 0.646. The fraction of sp³-hybridized carbons (Fsp3) is 0.400. The topological polar surface area (TPSA) is 89.4 Å². The summed E-state index contributed by atoms with van der Waals surface area (Å²) < 4.78 is 13.2. The number of nitro benzene ring substituents is 1. The zero-order valence-electron chi connectivity index (χ0n) is 8.80. The van der Waals surface area contributed by atoms with Crippen molar-refractivity contribution in [2.45, 2.75) is 18.9 Å². The number of phenols is 1. The fourth-order valence-electron chi connectivity index (χ4n) is 1.67. The van der Waals surface area contributed by atoms with Gasteiger partial charge in [-0.05, 0) is 18.8 Å². The molecule has 0 saturated heterocycles. The lowest BCUT2D eigenvalue weighted by Gasteiger charge is -2.12. The lowest BCUT2D eigenvalue weighted by Crippen LogP contribution is -2.13. The van der Waals surface area contributed by atoms with Gasteiger partial charge in [0.1, 0.15) is 0 Å². The largest absolute Gasteiger partial charge is 0.505 e. The molecule has 1 fully saturated rings. The van der Waals surface area contributed by atoms with E-state index in [0.717, 1.165) is 18.9 Å². The Kier molecular flexibility index (Phi) is 3.90. The molecule has 2 rings (SSSR count). The van der Waals surface area contributed by atoms with E-state index in [-0.39, 0.29) is 29.6 Å². The summed E-state index contributed by atoms with van der Waals surface area (Å²) in [6.45, 7) is 0. The number of benzene rings is 1. The van der Waals surface area contributed by atoms with Gasteiger partial charge in [-0.15, -0.1) is 12.4 Å². The molecule has 0 aliphatic heterocycles. The van der Waals surface area contributed by atoms with Gasteiger partial charge in [-0.1, -0.05) is 0 Å². The van der Waals surface area contributed by atoms with Gasteiger partial charge in [-0.3, -0.25) is 10.1 Å². The van der Waals surface area contributed by atoms with Crippen LogP contribution in [0.1, 0.15) is 24.4 Å². The Balaban J connectivity index is 0.00000144. The minimum Gasteiger partial charge on any atom is -0.505 e. The molecule has 17 heavy (non-hydrogen) atoms. The maximum absolute atomic E-state index is 13.2. The van der Waals surface area contributed by atoms with Crippen molar-refractivity contribution < 1.29 is 14.4 Å². The molecular weight excluding hydrogens is 251 g/mol. The summed E-state index contributed by atoms with van der Waals surface area (Å²) in [5.41, 5.74) is 5.52. The first kappa shape index (κ1) is 13.7. The van der Waals surface area contributed by atoms with Gasteiger partial charge in [-0.2, -0.15) is 0 Å². The Labute approximate surface area is 103 Å². The van der Waals surface area contributed by atoms with Crippen molar-refractivity contribution in [3.05, 3.63) is 33.6 Å². The van der Waals surface area contributed by atoms with E-state index >= 15 is 0 Å². The number of nitrogens with zero attached hydrogens (tertiary/aromatic N) is 1. The normalized spacial score (nSPS) is 16.1. The van der Waals surface area contributed by atoms with E-state index in [0.29, 0.717) is 6.07 Å². The highest BCUT2D eigenvalue weighted by atomic mass is 35.5. The molecular formula is C10H12ClFN2O3. The van der Waals surface area contributed by atoms with Crippen molar-refractivity contribution in [3.63, 3.8) is 0 Å². The van der Waals surface area contributed by atoms with Crippen LogP contribution in [0.3, 0.4) is 0 Å². The Morgan fingerprint density at radius 1 is 1.53 bits per heavy atom. The van der Waals surface area contributed by atoms with E-state index < -0.39 is 22.5 Å². The summed E-state index contributed by atoms with van der Waals surface area (Å²) in [5.74, 6) is -1.39. The molecule has 0 amide bonds. The lowest BCUT2D eigenvalue weighted by atomic mass is 10.0. The molecule has 1 saturated carbocycles. The van der Waals surface area contributed by atoms with E-state index in [9.17, 15) is 19.6 Å². The SMILES string of the molecule is Cl.N[C@H](c1cc([N+](=O)[O-])cc(F)c1O)C1CC1. The molecule has 0 bridgehead atoms. The van der Waals surface area contributed by atoms with Crippen molar-refractivity contribution in [3.8, 4) is 5.75 Å². The van der Waals surface area contributed by atoms with Crippen molar-refractivity contribution in [1.29, 1.82) is 0 Å². The monoisotopic (exact) mass is 262 g/mol. The van der Waals surface area contributed by atoms with Crippen molar-refractivity contribution >= 4 is 18.1 Å². The van der Waals surface area contributed by atoms with Crippen LogP contribution in [0.15, 0.2) is 12.1 Å². The van der Waals surface area contributed by atoms with Crippen LogP contribution in [0.2, 0.25) is 0 Å². The summed E-state index contributed by atoms with van der Waals surface area (Å²) in [5, 5.41) is 20.0. The molecule has 0 radical (unpaired) electrons. The Morgan fingerprint density at radius 3 is 2.59 bits per heavy atom. The van der Waals surface area contributed by atoms with E-state index in [1.165, 1.54) is 0 Å². The third-order valence-electron chi connectivity index (χ3n) is 2.78.